The molecule has 1 heterocycles. The number of hydrogen-bond acceptors (Lipinski definition) is 5. The van der Waals surface area contributed by atoms with Crippen molar-refractivity contribution in [2.75, 3.05) is 11.6 Å². The van der Waals surface area contributed by atoms with E-state index in [1.807, 2.05) is 6.92 Å². The summed E-state index contributed by atoms with van der Waals surface area (Å²) in [5.41, 5.74) is 3.22. The molecule has 26 heavy (non-hydrogen) atoms. The standard InChI is InChI=1S/C18H23N3O4S/c1-11-16(12(2)21(4)20-11)19-17(22)13(3)25-18(23)15-8-6-7-14(9-15)10-26(5)24/h6-9,13H,10H2,1-5H3,(H,19,22)/t13-,26+/m1/s1. The molecule has 1 aromatic heterocycles. The van der Waals surface area contributed by atoms with Crippen molar-refractivity contribution in [1.29, 1.82) is 0 Å². The predicted octanol–water partition coefficient (Wildman–Crippen LogP) is 2.10. The zero-order valence-corrected chi connectivity index (χ0v) is 16.3. The molecule has 2 rings (SSSR count). The van der Waals surface area contributed by atoms with Crippen molar-refractivity contribution in [2.45, 2.75) is 32.6 Å². The summed E-state index contributed by atoms with van der Waals surface area (Å²) in [6, 6.07) is 6.72. The fraction of sp³-hybridized carbons (Fsp3) is 0.389. The van der Waals surface area contributed by atoms with Gasteiger partial charge in [0.2, 0.25) is 0 Å². The van der Waals surface area contributed by atoms with E-state index in [-0.39, 0.29) is 0 Å². The summed E-state index contributed by atoms with van der Waals surface area (Å²) in [5, 5.41) is 6.99. The van der Waals surface area contributed by atoms with Gasteiger partial charge in [0.1, 0.15) is 0 Å². The highest BCUT2D eigenvalue weighted by atomic mass is 32.2. The van der Waals surface area contributed by atoms with Gasteiger partial charge in [-0.05, 0) is 38.5 Å². The van der Waals surface area contributed by atoms with Gasteiger partial charge >= 0.3 is 5.97 Å². The summed E-state index contributed by atoms with van der Waals surface area (Å²) in [7, 11) is 0.784. The first-order chi connectivity index (χ1) is 12.2. The molecule has 0 bridgehead atoms. The molecule has 7 nitrogen and oxygen atoms in total. The molecule has 0 aliphatic carbocycles. The van der Waals surface area contributed by atoms with Gasteiger partial charge < -0.3 is 10.1 Å². The highest BCUT2D eigenvalue weighted by Crippen LogP contribution is 2.19. The Balaban J connectivity index is 2.04. The van der Waals surface area contributed by atoms with Crippen molar-refractivity contribution in [3.05, 3.63) is 46.8 Å². The van der Waals surface area contributed by atoms with E-state index in [0.717, 1.165) is 11.3 Å². The smallest absolute Gasteiger partial charge is 0.338 e. The average Bonchev–Trinajstić information content (AvgIpc) is 2.80. The number of rotatable bonds is 6. The first kappa shape index (κ1) is 19.8. The molecule has 1 amide bonds. The molecule has 1 N–H and O–H groups in total. The Hall–Kier alpha value is -2.48. The van der Waals surface area contributed by atoms with Crippen LogP contribution in [0.15, 0.2) is 24.3 Å². The van der Waals surface area contributed by atoms with E-state index in [9.17, 15) is 13.8 Å². The van der Waals surface area contributed by atoms with Crippen LogP contribution in [0.5, 0.6) is 0 Å². The fourth-order valence-corrected chi connectivity index (χ4v) is 3.13. The van der Waals surface area contributed by atoms with Gasteiger partial charge in [0.25, 0.3) is 5.91 Å². The third-order valence-corrected chi connectivity index (χ3v) is 4.68. The molecule has 0 saturated carbocycles. The third-order valence-electron chi connectivity index (χ3n) is 3.94. The van der Waals surface area contributed by atoms with E-state index in [2.05, 4.69) is 10.4 Å². The van der Waals surface area contributed by atoms with Gasteiger partial charge in [0.05, 0.1) is 22.6 Å². The number of amides is 1. The van der Waals surface area contributed by atoms with Crippen molar-refractivity contribution in [3.63, 3.8) is 0 Å². The molecule has 140 valence electrons. The lowest BCUT2D eigenvalue weighted by Gasteiger charge is -2.14. The van der Waals surface area contributed by atoms with Gasteiger partial charge in [0.15, 0.2) is 6.10 Å². The summed E-state index contributed by atoms with van der Waals surface area (Å²) >= 11 is 0. The molecule has 0 fully saturated rings. The van der Waals surface area contributed by atoms with Crippen LogP contribution >= 0.6 is 0 Å². The molecular weight excluding hydrogens is 354 g/mol. The maximum atomic E-state index is 12.3. The lowest BCUT2D eigenvalue weighted by Crippen LogP contribution is -2.30. The minimum Gasteiger partial charge on any atom is -0.449 e. The van der Waals surface area contributed by atoms with Gasteiger partial charge in [-0.15, -0.1) is 0 Å². The van der Waals surface area contributed by atoms with Gasteiger partial charge in [-0.3, -0.25) is 13.7 Å². The van der Waals surface area contributed by atoms with Crippen LogP contribution in [0.1, 0.15) is 34.2 Å². The van der Waals surface area contributed by atoms with Crippen LogP contribution in [0.4, 0.5) is 5.69 Å². The quantitative estimate of drug-likeness (QED) is 0.779. The van der Waals surface area contributed by atoms with Crippen molar-refractivity contribution in [2.24, 2.45) is 7.05 Å². The molecule has 0 aliphatic rings. The number of aryl methyl sites for hydroxylation is 2. The van der Waals surface area contributed by atoms with E-state index in [0.29, 0.717) is 22.7 Å². The summed E-state index contributed by atoms with van der Waals surface area (Å²) < 4.78 is 18.3. The summed E-state index contributed by atoms with van der Waals surface area (Å²) in [5.74, 6) is -0.670. The molecule has 0 aliphatic heterocycles. The van der Waals surface area contributed by atoms with E-state index in [1.165, 1.54) is 6.92 Å². The molecular formula is C18H23N3O4S. The second-order valence-electron chi connectivity index (χ2n) is 6.12. The van der Waals surface area contributed by atoms with Gasteiger partial charge in [-0.2, -0.15) is 5.10 Å². The van der Waals surface area contributed by atoms with Gasteiger partial charge in [-0.1, -0.05) is 12.1 Å². The van der Waals surface area contributed by atoms with E-state index in [4.69, 9.17) is 4.74 Å². The zero-order chi connectivity index (χ0) is 19.4. The number of benzene rings is 1. The molecule has 0 saturated heterocycles. The molecule has 2 aromatic rings. The van der Waals surface area contributed by atoms with Crippen LogP contribution in [0.2, 0.25) is 0 Å². The summed E-state index contributed by atoms with van der Waals surface area (Å²) in [6.45, 7) is 5.15. The monoisotopic (exact) mass is 377 g/mol. The summed E-state index contributed by atoms with van der Waals surface area (Å²) in [6.07, 6.45) is 0.630. The number of ether oxygens (including phenoxy) is 1. The minimum absolute atomic E-state index is 0.321. The number of carbonyl (C=O) groups excluding carboxylic acids is 2. The third kappa shape index (κ3) is 4.78. The van der Waals surface area contributed by atoms with Crippen LogP contribution < -0.4 is 5.32 Å². The largest absolute Gasteiger partial charge is 0.449 e. The fourth-order valence-electron chi connectivity index (χ4n) is 2.48. The van der Waals surface area contributed by atoms with Crippen LogP contribution in [0, 0.1) is 13.8 Å². The molecule has 2 atom stereocenters. The van der Waals surface area contributed by atoms with Gasteiger partial charge in [-0.25, -0.2) is 4.79 Å². The van der Waals surface area contributed by atoms with Crippen LogP contribution in [0.3, 0.4) is 0 Å². The Morgan fingerprint density at radius 3 is 2.62 bits per heavy atom. The Morgan fingerprint density at radius 1 is 1.35 bits per heavy atom. The Bertz CT molecular complexity index is 860. The van der Waals surface area contributed by atoms with Crippen molar-refractivity contribution in [1.82, 2.24) is 9.78 Å². The maximum Gasteiger partial charge on any atom is 0.338 e. The Morgan fingerprint density at radius 2 is 2.04 bits per heavy atom. The molecule has 8 heteroatoms. The van der Waals surface area contributed by atoms with Crippen molar-refractivity contribution in [3.8, 4) is 0 Å². The first-order valence-electron chi connectivity index (χ1n) is 8.10. The second kappa shape index (κ2) is 8.27. The number of carbonyl (C=O) groups is 2. The van der Waals surface area contributed by atoms with Crippen LogP contribution in [0.25, 0.3) is 0 Å². The SMILES string of the molecule is Cc1nn(C)c(C)c1NC(=O)[C@@H](C)OC(=O)c1cccc(C[S@](C)=O)c1. The van der Waals surface area contributed by atoms with E-state index in [1.54, 1.807) is 49.2 Å². The van der Waals surface area contributed by atoms with Crippen molar-refractivity contribution < 1.29 is 18.5 Å². The highest BCUT2D eigenvalue weighted by Gasteiger charge is 2.21. The normalized spacial score (nSPS) is 13.1. The predicted molar refractivity (Wildman–Crippen MR) is 100 cm³/mol. The molecule has 0 radical (unpaired) electrons. The zero-order valence-electron chi connectivity index (χ0n) is 15.5. The number of aromatic nitrogens is 2. The van der Waals surface area contributed by atoms with Crippen LogP contribution in [-0.4, -0.2) is 38.2 Å². The Labute approximate surface area is 155 Å². The highest BCUT2D eigenvalue weighted by molar-refractivity contribution is 7.83. The second-order valence-corrected chi connectivity index (χ2v) is 7.56. The molecule has 0 spiro atoms. The first-order valence-corrected chi connectivity index (χ1v) is 9.82. The average molecular weight is 377 g/mol. The molecule has 1 aromatic carbocycles. The number of esters is 1. The van der Waals surface area contributed by atoms with Crippen LogP contribution in [-0.2, 0) is 33.1 Å². The minimum atomic E-state index is -1.01. The molecule has 0 unspecified atom stereocenters. The maximum absolute atomic E-state index is 12.3. The lowest BCUT2D eigenvalue weighted by atomic mass is 10.1. The van der Waals surface area contributed by atoms with Gasteiger partial charge in [0, 0.05) is 29.9 Å². The number of nitrogens with zero attached hydrogens (tertiary/aromatic N) is 2. The number of hydrogen-bond donors (Lipinski definition) is 1. The van der Waals surface area contributed by atoms with Crippen molar-refractivity contribution >= 4 is 28.4 Å². The van der Waals surface area contributed by atoms with E-state index < -0.39 is 28.8 Å². The summed E-state index contributed by atoms with van der Waals surface area (Å²) in [4.78, 5) is 24.6. The number of anilines is 1. The lowest BCUT2D eigenvalue weighted by molar-refractivity contribution is -0.123. The van der Waals surface area contributed by atoms with E-state index >= 15 is 0 Å². The number of nitrogens with one attached hydrogen (secondary N) is 1. The Kier molecular flexibility index (Phi) is 6.31. The topological polar surface area (TPSA) is 90.3 Å².